The van der Waals surface area contributed by atoms with E-state index >= 15 is 0 Å². The third-order valence-corrected chi connectivity index (χ3v) is 4.35. The summed E-state index contributed by atoms with van der Waals surface area (Å²) < 4.78 is 23.2. The summed E-state index contributed by atoms with van der Waals surface area (Å²) in [7, 11) is 1.20. The van der Waals surface area contributed by atoms with Crippen LogP contribution in [0.5, 0.6) is 23.0 Å². The first-order chi connectivity index (χ1) is 13.1. The average Bonchev–Trinajstić information content (AvgIpc) is 2.69. The minimum absolute atomic E-state index is 0.335. The quantitative estimate of drug-likeness (QED) is 0.365. The van der Waals surface area contributed by atoms with Gasteiger partial charge in [0, 0.05) is 0 Å². The molecule has 0 aliphatic carbocycles. The van der Waals surface area contributed by atoms with Crippen molar-refractivity contribution < 1.29 is 18.9 Å². The molecule has 0 radical (unpaired) electrons. The van der Waals surface area contributed by atoms with Crippen LogP contribution in [0.25, 0.3) is 0 Å². The zero-order chi connectivity index (χ0) is 19.2. The summed E-state index contributed by atoms with van der Waals surface area (Å²) >= 11 is 0. The monoisotopic (exact) mass is 381 g/mol. The molecule has 0 fully saturated rings. The van der Waals surface area contributed by atoms with Crippen molar-refractivity contribution in [3.63, 3.8) is 0 Å². The molecule has 3 aromatic carbocycles. The lowest BCUT2D eigenvalue weighted by Gasteiger charge is -2.20. The maximum Gasteiger partial charge on any atom is 0.318 e. The predicted octanol–water partition coefficient (Wildman–Crippen LogP) is 6.11. The number of anilines is 1. The molecule has 138 valence electrons. The van der Waals surface area contributed by atoms with Crippen LogP contribution < -0.4 is 19.1 Å². The Kier molecular flexibility index (Phi) is 5.94. The van der Waals surface area contributed by atoms with Gasteiger partial charge in [0.05, 0.1) is 7.11 Å². The van der Waals surface area contributed by atoms with Gasteiger partial charge in [0.25, 0.3) is 0 Å². The van der Waals surface area contributed by atoms with E-state index in [0.717, 1.165) is 11.1 Å². The summed E-state index contributed by atoms with van der Waals surface area (Å²) in [5.41, 5.74) is 2.74. The lowest BCUT2D eigenvalue weighted by atomic mass is 10.2. The molecule has 0 aliphatic rings. The molecule has 0 saturated carbocycles. The second-order valence-electron chi connectivity index (χ2n) is 5.98. The molecule has 3 rings (SSSR count). The summed E-state index contributed by atoms with van der Waals surface area (Å²) in [5.74, 6) is 2.17. The van der Waals surface area contributed by atoms with Gasteiger partial charge in [-0.15, -0.1) is 4.83 Å². The number of hydrogen-bond acceptors (Lipinski definition) is 4. The molecule has 5 nitrogen and oxygen atoms in total. The first-order valence-electron chi connectivity index (χ1n) is 8.40. The van der Waals surface area contributed by atoms with E-state index in [1.165, 1.54) is 11.9 Å². The number of methoxy groups -OCH3 is 1. The van der Waals surface area contributed by atoms with E-state index in [1.807, 2.05) is 62.4 Å². The van der Waals surface area contributed by atoms with Crippen LogP contribution in [0.4, 0.5) is 5.69 Å². The molecular weight excluding hydrogens is 361 g/mol. The van der Waals surface area contributed by atoms with Crippen molar-refractivity contribution in [1.82, 2.24) is 0 Å². The van der Waals surface area contributed by atoms with Gasteiger partial charge in [-0.2, -0.15) is 0 Å². The molecular formula is C21H20NO4P. The van der Waals surface area contributed by atoms with Gasteiger partial charge < -0.3 is 14.3 Å². The van der Waals surface area contributed by atoms with Crippen LogP contribution in [0.1, 0.15) is 11.1 Å². The van der Waals surface area contributed by atoms with Gasteiger partial charge >= 0.3 is 8.61 Å². The number of hydrogen-bond donors (Lipinski definition) is 0. The van der Waals surface area contributed by atoms with Gasteiger partial charge in [-0.25, -0.2) is 4.57 Å². The average molecular weight is 381 g/mol. The Morgan fingerprint density at radius 2 is 1.41 bits per heavy atom. The second kappa shape index (κ2) is 8.56. The molecule has 0 bridgehead atoms. The third-order valence-electron chi connectivity index (χ3n) is 3.90. The smallest absolute Gasteiger partial charge is 0.318 e. The molecule has 6 heteroatoms. The van der Waals surface area contributed by atoms with E-state index in [0.29, 0.717) is 28.7 Å². The Balaban J connectivity index is 1.90. The Morgan fingerprint density at radius 1 is 0.815 bits per heavy atom. The minimum Gasteiger partial charge on any atom is -0.491 e. The van der Waals surface area contributed by atoms with Gasteiger partial charge in [-0.05, 0) is 50.2 Å². The van der Waals surface area contributed by atoms with Crippen LogP contribution in [0.15, 0.2) is 66.7 Å². The van der Waals surface area contributed by atoms with Gasteiger partial charge in [-0.1, -0.05) is 41.5 Å². The van der Waals surface area contributed by atoms with Crippen LogP contribution in [-0.2, 0) is 4.57 Å². The molecule has 0 N–H and O–H groups in total. The summed E-state index contributed by atoms with van der Waals surface area (Å²) in [6, 6.07) is 20.5. The minimum atomic E-state index is -0.335. The number of benzene rings is 3. The van der Waals surface area contributed by atoms with Crippen LogP contribution in [0.2, 0.25) is 0 Å². The Morgan fingerprint density at radius 3 is 1.96 bits per heavy atom. The van der Waals surface area contributed by atoms with Crippen molar-refractivity contribution in [3.8, 4) is 23.0 Å². The van der Waals surface area contributed by atoms with Crippen LogP contribution in [0, 0.1) is 13.8 Å². The molecule has 0 amide bonds. The SMILES string of the molecule is COc1c(Oc2ccc(C)cc2)cccc1N(Oc1ccc(C)cc1)P=O. The fourth-order valence-corrected chi connectivity index (χ4v) is 2.86. The van der Waals surface area contributed by atoms with Crippen molar-refractivity contribution in [2.45, 2.75) is 13.8 Å². The number of ether oxygens (including phenoxy) is 2. The summed E-state index contributed by atoms with van der Waals surface area (Å²) in [6.07, 6.45) is 0. The highest BCUT2D eigenvalue weighted by atomic mass is 31.1. The Labute approximate surface area is 160 Å². The zero-order valence-electron chi connectivity index (χ0n) is 15.4. The normalized spacial score (nSPS) is 10.5. The molecule has 0 heterocycles. The van der Waals surface area contributed by atoms with Gasteiger partial charge in [0.1, 0.15) is 11.4 Å². The number of aryl methyl sites for hydroxylation is 2. The first-order valence-corrected chi connectivity index (χ1v) is 9.17. The van der Waals surface area contributed by atoms with Crippen molar-refractivity contribution in [1.29, 1.82) is 0 Å². The van der Waals surface area contributed by atoms with Gasteiger partial charge in [0.2, 0.25) is 0 Å². The van der Waals surface area contributed by atoms with Crippen molar-refractivity contribution in [2.75, 3.05) is 11.9 Å². The van der Waals surface area contributed by atoms with E-state index in [-0.39, 0.29) is 8.61 Å². The largest absolute Gasteiger partial charge is 0.491 e. The molecule has 0 unspecified atom stereocenters. The highest BCUT2D eigenvalue weighted by Crippen LogP contribution is 2.41. The number of nitrogens with zero attached hydrogens (tertiary/aromatic N) is 1. The van der Waals surface area contributed by atoms with E-state index in [9.17, 15) is 4.57 Å². The van der Waals surface area contributed by atoms with E-state index in [2.05, 4.69) is 0 Å². The molecule has 0 spiro atoms. The fraction of sp³-hybridized carbons (Fsp3) is 0.143. The molecule has 0 aliphatic heterocycles. The van der Waals surface area contributed by atoms with E-state index in [4.69, 9.17) is 14.3 Å². The highest BCUT2D eigenvalue weighted by Gasteiger charge is 2.19. The Hall–Kier alpha value is -3.04. The van der Waals surface area contributed by atoms with Crippen LogP contribution in [-0.4, -0.2) is 7.11 Å². The van der Waals surface area contributed by atoms with Crippen LogP contribution >= 0.6 is 8.61 Å². The molecule has 27 heavy (non-hydrogen) atoms. The Bertz CT molecular complexity index is 910. The van der Waals surface area contributed by atoms with Gasteiger partial charge in [-0.3, -0.25) is 0 Å². The van der Waals surface area contributed by atoms with Crippen molar-refractivity contribution in [2.24, 2.45) is 0 Å². The van der Waals surface area contributed by atoms with E-state index < -0.39 is 0 Å². The van der Waals surface area contributed by atoms with Crippen molar-refractivity contribution >= 4 is 14.3 Å². The predicted molar refractivity (Wildman–Crippen MR) is 106 cm³/mol. The van der Waals surface area contributed by atoms with Gasteiger partial charge in [0.15, 0.2) is 17.2 Å². The first kappa shape index (κ1) is 18.7. The standard InChI is InChI=1S/C21H20NO4P/c1-15-7-11-17(12-8-15)25-20-6-4-5-19(21(20)24-3)22(27-23)26-18-13-9-16(2)10-14-18/h4-14H,1-3H3. The second-order valence-corrected chi connectivity index (χ2v) is 6.51. The third kappa shape index (κ3) is 4.57. The van der Waals surface area contributed by atoms with Crippen LogP contribution in [0.3, 0.4) is 0 Å². The maximum atomic E-state index is 11.8. The summed E-state index contributed by atoms with van der Waals surface area (Å²) in [6.45, 7) is 4.00. The van der Waals surface area contributed by atoms with E-state index in [1.54, 1.807) is 18.2 Å². The number of para-hydroxylation sites is 1. The fourth-order valence-electron chi connectivity index (χ4n) is 2.48. The zero-order valence-corrected chi connectivity index (χ0v) is 16.3. The van der Waals surface area contributed by atoms with Crippen molar-refractivity contribution in [3.05, 3.63) is 77.9 Å². The lowest BCUT2D eigenvalue weighted by Crippen LogP contribution is -2.16. The molecule has 0 atom stereocenters. The maximum absolute atomic E-state index is 11.8. The molecule has 3 aromatic rings. The highest BCUT2D eigenvalue weighted by molar-refractivity contribution is 7.25. The number of rotatable bonds is 7. The topological polar surface area (TPSA) is 48.0 Å². The summed E-state index contributed by atoms with van der Waals surface area (Å²) in [4.78, 5) is 6.95. The molecule has 0 aromatic heterocycles. The molecule has 0 saturated heterocycles. The summed E-state index contributed by atoms with van der Waals surface area (Å²) in [5, 5.41) is 0. The lowest BCUT2D eigenvalue weighted by molar-refractivity contribution is 0.330.